The maximum atomic E-state index is 13.6. The van der Waals surface area contributed by atoms with Gasteiger partial charge in [-0.1, -0.05) is 12.1 Å². The first-order valence-electron chi connectivity index (χ1n) is 7.79. The van der Waals surface area contributed by atoms with E-state index in [4.69, 9.17) is 0 Å². The first-order chi connectivity index (χ1) is 12.2. The third kappa shape index (κ3) is 3.14. The van der Waals surface area contributed by atoms with Gasteiger partial charge in [-0.15, -0.1) is 11.3 Å². The minimum absolute atomic E-state index is 0.371. The Kier molecular flexibility index (Phi) is 4.21. The van der Waals surface area contributed by atoms with Gasteiger partial charge in [0.2, 0.25) is 0 Å². The highest BCUT2D eigenvalue weighted by Crippen LogP contribution is 2.38. The molecule has 25 heavy (non-hydrogen) atoms. The van der Waals surface area contributed by atoms with Crippen molar-refractivity contribution >= 4 is 23.3 Å². The number of nitrogens with zero attached hydrogens (tertiary/aromatic N) is 3. The van der Waals surface area contributed by atoms with Gasteiger partial charge in [-0.05, 0) is 41.5 Å². The average Bonchev–Trinajstić information content (AvgIpc) is 3.31. The minimum Gasteiger partial charge on any atom is -0.384 e. The van der Waals surface area contributed by atoms with Crippen molar-refractivity contribution in [1.29, 1.82) is 0 Å². The van der Waals surface area contributed by atoms with Crippen molar-refractivity contribution < 1.29 is 9.50 Å². The molecule has 2 aromatic heterocycles. The van der Waals surface area contributed by atoms with E-state index in [9.17, 15) is 9.50 Å². The van der Waals surface area contributed by atoms with Gasteiger partial charge in [0.1, 0.15) is 11.9 Å². The van der Waals surface area contributed by atoms with Gasteiger partial charge in [-0.2, -0.15) is 10.2 Å². The molecule has 0 saturated carbocycles. The Morgan fingerprint density at radius 3 is 2.68 bits per heavy atom. The summed E-state index contributed by atoms with van der Waals surface area (Å²) in [5.74, 6) is -0.371. The lowest BCUT2D eigenvalue weighted by Crippen LogP contribution is -2.05. The number of hydrogen-bond donors (Lipinski definition) is 1. The van der Waals surface area contributed by atoms with Crippen LogP contribution in [0.1, 0.15) is 28.5 Å². The van der Waals surface area contributed by atoms with Crippen molar-refractivity contribution in [2.24, 2.45) is 10.2 Å². The summed E-state index contributed by atoms with van der Waals surface area (Å²) in [5.41, 5.74) is 3.06. The SMILES string of the molecule is OC(c1cccc(F)c1)c1cc(-c2ccncc2)sc1C1=NN=CC1. The van der Waals surface area contributed by atoms with Crippen molar-refractivity contribution in [3.05, 3.63) is 76.7 Å². The summed E-state index contributed by atoms with van der Waals surface area (Å²) in [4.78, 5) is 5.91. The number of aliphatic hydroxyl groups excluding tert-OH is 1. The van der Waals surface area contributed by atoms with Crippen LogP contribution in [0.15, 0.2) is 65.1 Å². The Balaban J connectivity index is 1.81. The molecule has 4 nitrogen and oxygen atoms in total. The van der Waals surface area contributed by atoms with E-state index in [0.717, 1.165) is 21.0 Å². The largest absolute Gasteiger partial charge is 0.384 e. The fourth-order valence-corrected chi connectivity index (χ4v) is 3.96. The lowest BCUT2D eigenvalue weighted by atomic mass is 9.99. The van der Waals surface area contributed by atoms with Crippen LogP contribution in [-0.2, 0) is 0 Å². The summed E-state index contributed by atoms with van der Waals surface area (Å²) in [6.07, 6.45) is 4.89. The van der Waals surface area contributed by atoms with E-state index in [1.165, 1.54) is 12.1 Å². The zero-order chi connectivity index (χ0) is 17.2. The molecule has 3 aromatic rings. The molecule has 0 saturated heterocycles. The number of benzene rings is 1. The van der Waals surface area contributed by atoms with Crippen LogP contribution in [0.25, 0.3) is 10.4 Å². The summed E-state index contributed by atoms with van der Waals surface area (Å²) in [6.45, 7) is 0. The predicted octanol–water partition coefficient (Wildman–Crippen LogP) is 4.21. The van der Waals surface area contributed by atoms with Crippen LogP contribution in [0.2, 0.25) is 0 Å². The standard InChI is InChI=1S/C19H14FN3OS/c20-14-3-1-2-13(10-14)18(24)15-11-17(12-4-7-21-8-5-12)25-19(15)16-6-9-22-23-16/h1-5,7-11,18,24H,6H2. The highest BCUT2D eigenvalue weighted by atomic mass is 32.1. The molecule has 0 spiro atoms. The Morgan fingerprint density at radius 1 is 1.12 bits per heavy atom. The third-order valence-corrected chi connectivity index (χ3v) is 5.24. The molecule has 0 radical (unpaired) electrons. The van der Waals surface area contributed by atoms with Crippen molar-refractivity contribution in [3.8, 4) is 10.4 Å². The maximum Gasteiger partial charge on any atom is 0.123 e. The number of rotatable bonds is 4. The molecule has 0 bridgehead atoms. The van der Waals surface area contributed by atoms with Gasteiger partial charge in [-0.3, -0.25) is 4.98 Å². The van der Waals surface area contributed by atoms with Gasteiger partial charge >= 0.3 is 0 Å². The molecule has 6 heteroatoms. The maximum absolute atomic E-state index is 13.6. The van der Waals surface area contributed by atoms with E-state index < -0.39 is 6.10 Å². The molecular formula is C19H14FN3OS. The van der Waals surface area contributed by atoms with Crippen molar-refractivity contribution in [2.45, 2.75) is 12.5 Å². The number of thiophene rings is 1. The monoisotopic (exact) mass is 351 g/mol. The molecule has 1 N–H and O–H groups in total. The van der Waals surface area contributed by atoms with Crippen molar-refractivity contribution in [2.75, 3.05) is 0 Å². The van der Waals surface area contributed by atoms with Crippen LogP contribution in [0, 0.1) is 5.82 Å². The van der Waals surface area contributed by atoms with Crippen molar-refractivity contribution in [1.82, 2.24) is 4.98 Å². The van der Waals surface area contributed by atoms with Crippen LogP contribution >= 0.6 is 11.3 Å². The van der Waals surface area contributed by atoms with E-state index in [2.05, 4.69) is 15.2 Å². The second-order valence-corrected chi connectivity index (χ2v) is 6.69. The highest BCUT2D eigenvalue weighted by molar-refractivity contribution is 7.17. The first-order valence-corrected chi connectivity index (χ1v) is 8.60. The molecule has 124 valence electrons. The lowest BCUT2D eigenvalue weighted by molar-refractivity contribution is 0.220. The zero-order valence-corrected chi connectivity index (χ0v) is 13.9. The van der Waals surface area contributed by atoms with Crippen LogP contribution in [-0.4, -0.2) is 22.0 Å². The molecule has 0 amide bonds. The molecule has 1 aromatic carbocycles. The number of aliphatic hydroxyl groups is 1. The first kappa shape index (κ1) is 15.8. The summed E-state index contributed by atoms with van der Waals surface area (Å²) in [6, 6.07) is 11.8. The van der Waals surface area contributed by atoms with Crippen LogP contribution < -0.4 is 0 Å². The molecule has 1 atom stereocenters. The van der Waals surface area contributed by atoms with E-state index in [0.29, 0.717) is 17.5 Å². The summed E-state index contributed by atoms with van der Waals surface area (Å²) >= 11 is 1.54. The van der Waals surface area contributed by atoms with Crippen LogP contribution in [0.3, 0.4) is 0 Å². The van der Waals surface area contributed by atoms with Crippen LogP contribution in [0.5, 0.6) is 0 Å². The molecule has 0 fully saturated rings. The summed E-state index contributed by atoms with van der Waals surface area (Å²) in [5, 5.41) is 18.9. The fraction of sp³-hybridized carbons (Fsp3) is 0.105. The highest BCUT2D eigenvalue weighted by Gasteiger charge is 2.23. The molecule has 0 aliphatic carbocycles. The van der Waals surface area contributed by atoms with E-state index in [1.807, 2.05) is 18.2 Å². The lowest BCUT2D eigenvalue weighted by Gasteiger charge is -2.12. The Morgan fingerprint density at radius 2 is 1.96 bits per heavy atom. The number of halogens is 1. The Hall–Kier alpha value is -2.70. The molecule has 4 rings (SSSR count). The number of pyridine rings is 1. The van der Waals surface area contributed by atoms with Gasteiger partial charge in [0.05, 0.1) is 10.6 Å². The molecule has 3 heterocycles. The summed E-state index contributed by atoms with van der Waals surface area (Å²) in [7, 11) is 0. The molecule has 1 aliphatic rings. The topological polar surface area (TPSA) is 57.8 Å². The van der Waals surface area contributed by atoms with Gasteiger partial charge in [-0.25, -0.2) is 4.39 Å². The molecule has 1 aliphatic heterocycles. The van der Waals surface area contributed by atoms with Crippen LogP contribution in [0.4, 0.5) is 4.39 Å². The van der Waals surface area contributed by atoms with Gasteiger partial charge < -0.3 is 5.11 Å². The van der Waals surface area contributed by atoms with Gasteiger partial charge in [0.15, 0.2) is 0 Å². The average molecular weight is 351 g/mol. The smallest absolute Gasteiger partial charge is 0.123 e. The van der Waals surface area contributed by atoms with E-state index >= 15 is 0 Å². The quantitative estimate of drug-likeness (QED) is 0.765. The normalized spacial score (nSPS) is 14.6. The minimum atomic E-state index is -0.930. The second-order valence-electron chi connectivity index (χ2n) is 5.64. The summed E-state index contributed by atoms with van der Waals surface area (Å²) < 4.78 is 13.6. The fourth-order valence-electron chi connectivity index (χ4n) is 2.77. The number of aromatic nitrogens is 1. The Bertz CT molecular complexity index is 966. The van der Waals surface area contributed by atoms with Gasteiger partial charge in [0, 0.05) is 35.5 Å². The third-order valence-electron chi connectivity index (χ3n) is 3.99. The van der Waals surface area contributed by atoms with E-state index in [1.54, 1.807) is 42.1 Å². The van der Waals surface area contributed by atoms with E-state index in [-0.39, 0.29) is 5.82 Å². The molecular weight excluding hydrogens is 337 g/mol. The second kappa shape index (κ2) is 6.66. The predicted molar refractivity (Wildman–Crippen MR) is 97.7 cm³/mol. The number of hydrogen-bond acceptors (Lipinski definition) is 5. The zero-order valence-electron chi connectivity index (χ0n) is 13.1. The van der Waals surface area contributed by atoms with Crippen molar-refractivity contribution in [3.63, 3.8) is 0 Å². The Labute approximate surface area is 148 Å². The molecule has 1 unspecified atom stereocenters. The van der Waals surface area contributed by atoms with Gasteiger partial charge in [0.25, 0.3) is 0 Å².